The number of nitrogens with zero attached hydrogens (tertiary/aromatic N) is 3. The second kappa shape index (κ2) is 8.61. The molecular weight excluding hydrogens is 404 g/mol. The number of carbonyl (C=O) groups excluding carboxylic acids is 1. The molecule has 1 fully saturated rings. The number of thiophene rings is 1. The van der Waals surface area contributed by atoms with Crippen LogP contribution >= 0.6 is 22.7 Å². The van der Waals surface area contributed by atoms with Gasteiger partial charge in [0.15, 0.2) is 5.13 Å². The Balaban J connectivity index is 1.47. The number of rotatable bonds is 5. The number of anilines is 4. The number of amides is 1. The first-order valence-electron chi connectivity index (χ1n) is 9.25. The van der Waals surface area contributed by atoms with Gasteiger partial charge in [0.05, 0.1) is 17.1 Å². The van der Waals surface area contributed by atoms with E-state index in [-0.39, 0.29) is 11.9 Å². The maximum Gasteiger partial charge on any atom is 0.275 e. The summed E-state index contributed by atoms with van der Waals surface area (Å²) < 4.78 is 0. The molecule has 1 saturated heterocycles. The molecule has 4 rings (SSSR count). The first kappa shape index (κ1) is 19.4. The van der Waals surface area contributed by atoms with Crippen LogP contribution in [-0.2, 0) is 0 Å². The van der Waals surface area contributed by atoms with Gasteiger partial charge in [-0.2, -0.15) is 5.26 Å². The van der Waals surface area contributed by atoms with Gasteiger partial charge in [-0.25, -0.2) is 4.98 Å². The molecule has 0 saturated carbocycles. The minimum absolute atomic E-state index is 0.249. The van der Waals surface area contributed by atoms with Crippen molar-refractivity contribution in [2.75, 3.05) is 28.6 Å². The molecule has 1 amide bonds. The van der Waals surface area contributed by atoms with Gasteiger partial charge in [-0.15, -0.1) is 22.7 Å². The maximum absolute atomic E-state index is 12.8. The van der Waals surface area contributed by atoms with Crippen molar-refractivity contribution in [3.63, 3.8) is 0 Å². The van der Waals surface area contributed by atoms with Crippen molar-refractivity contribution >= 4 is 50.8 Å². The maximum atomic E-state index is 12.8. The van der Waals surface area contributed by atoms with Crippen LogP contribution in [-0.4, -0.2) is 30.0 Å². The van der Waals surface area contributed by atoms with Gasteiger partial charge in [-0.05, 0) is 36.4 Å². The Labute approximate surface area is 176 Å². The molecule has 0 aliphatic carbocycles. The van der Waals surface area contributed by atoms with Gasteiger partial charge >= 0.3 is 0 Å². The molecule has 29 heavy (non-hydrogen) atoms. The van der Waals surface area contributed by atoms with E-state index in [0.29, 0.717) is 21.4 Å². The van der Waals surface area contributed by atoms with E-state index in [1.54, 1.807) is 5.38 Å². The number of nitrogens with two attached hydrogens (primary N) is 1. The lowest BCUT2D eigenvalue weighted by Crippen LogP contribution is -2.40. The summed E-state index contributed by atoms with van der Waals surface area (Å²) in [4.78, 5) is 20.0. The van der Waals surface area contributed by atoms with Crippen LogP contribution in [0.25, 0.3) is 0 Å². The smallest absolute Gasteiger partial charge is 0.275 e. The van der Waals surface area contributed by atoms with Gasteiger partial charge in [0.1, 0.15) is 16.6 Å². The summed E-state index contributed by atoms with van der Waals surface area (Å²) in [6, 6.07) is 12.0. The lowest BCUT2D eigenvalue weighted by Gasteiger charge is -2.33. The Kier molecular flexibility index (Phi) is 5.76. The molecule has 2 aromatic heterocycles. The van der Waals surface area contributed by atoms with Crippen LogP contribution in [0.2, 0.25) is 0 Å². The zero-order chi connectivity index (χ0) is 20.2. The molecule has 148 valence electrons. The third-order valence-electron chi connectivity index (χ3n) is 4.78. The van der Waals surface area contributed by atoms with E-state index < -0.39 is 0 Å². The molecular formula is C20H20N6OS2. The molecule has 4 N–H and O–H groups in total. The zero-order valence-electron chi connectivity index (χ0n) is 15.6. The van der Waals surface area contributed by atoms with E-state index in [0.717, 1.165) is 37.3 Å². The fourth-order valence-corrected chi connectivity index (χ4v) is 4.57. The average Bonchev–Trinajstić information content (AvgIpc) is 3.39. The first-order chi connectivity index (χ1) is 14.1. The van der Waals surface area contributed by atoms with Gasteiger partial charge in [0.2, 0.25) is 0 Å². The highest BCUT2D eigenvalue weighted by molar-refractivity contribution is 7.14. The van der Waals surface area contributed by atoms with E-state index in [2.05, 4.69) is 26.6 Å². The molecule has 3 aromatic rings. The van der Waals surface area contributed by atoms with Crippen LogP contribution in [0.3, 0.4) is 0 Å². The second-order valence-electron chi connectivity index (χ2n) is 6.73. The van der Waals surface area contributed by atoms with Crippen LogP contribution < -0.4 is 21.3 Å². The summed E-state index contributed by atoms with van der Waals surface area (Å²) in [5, 5.41) is 19.3. The highest BCUT2D eigenvalue weighted by Crippen LogP contribution is 2.30. The van der Waals surface area contributed by atoms with Gasteiger partial charge in [0.25, 0.3) is 5.91 Å². The van der Waals surface area contributed by atoms with Crippen LogP contribution in [0.4, 0.5) is 22.2 Å². The van der Waals surface area contributed by atoms with Crippen LogP contribution in [0, 0.1) is 11.3 Å². The minimum Gasteiger partial charge on any atom is -0.370 e. The number of carbonyl (C=O) groups is 1. The number of piperidine rings is 1. The number of thiazole rings is 1. The van der Waals surface area contributed by atoms with Crippen molar-refractivity contribution in [3.8, 4) is 6.07 Å². The Bertz CT molecular complexity index is 1050. The minimum atomic E-state index is -0.263. The number of nitrogens with one attached hydrogen (secondary N) is 2. The molecule has 3 heterocycles. The monoisotopic (exact) mass is 424 g/mol. The zero-order valence-corrected chi connectivity index (χ0v) is 17.2. The molecule has 1 aliphatic rings. The summed E-state index contributed by atoms with van der Waals surface area (Å²) in [7, 11) is 0. The van der Waals surface area contributed by atoms with Gasteiger partial charge < -0.3 is 21.3 Å². The number of para-hydroxylation sites is 2. The van der Waals surface area contributed by atoms with E-state index >= 15 is 0 Å². The number of benzene rings is 1. The van der Waals surface area contributed by atoms with E-state index in [1.165, 1.54) is 22.7 Å². The topological polar surface area (TPSA) is 107 Å². The molecule has 9 heteroatoms. The number of hydrogen-bond donors (Lipinski definition) is 3. The van der Waals surface area contributed by atoms with Crippen molar-refractivity contribution in [2.45, 2.75) is 18.9 Å². The van der Waals surface area contributed by atoms with Gasteiger partial charge in [-0.1, -0.05) is 12.1 Å². The predicted molar refractivity (Wildman–Crippen MR) is 118 cm³/mol. The summed E-state index contributed by atoms with van der Waals surface area (Å²) >= 11 is 2.69. The van der Waals surface area contributed by atoms with E-state index in [4.69, 9.17) is 11.0 Å². The summed E-state index contributed by atoms with van der Waals surface area (Å²) in [5.41, 5.74) is 8.81. The van der Waals surface area contributed by atoms with Crippen molar-refractivity contribution < 1.29 is 4.79 Å². The fraction of sp³-hybridized carbons (Fsp3) is 0.250. The molecule has 0 radical (unpaired) electrons. The lowest BCUT2D eigenvalue weighted by atomic mass is 10.0. The third-order valence-corrected chi connectivity index (χ3v) is 6.35. The molecule has 1 aromatic carbocycles. The third kappa shape index (κ3) is 4.40. The largest absolute Gasteiger partial charge is 0.370 e. The van der Waals surface area contributed by atoms with Crippen molar-refractivity contribution in [3.05, 3.63) is 51.7 Å². The van der Waals surface area contributed by atoms with Crippen LogP contribution in [0.15, 0.2) is 41.1 Å². The SMILES string of the molecule is N#Cc1sccc1Nc1nc(C(=O)Nc2ccccc2N2CCC(N)CC2)cs1. The molecule has 0 unspecified atom stereocenters. The normalized spacial score (nSPS) is 14.4. The first-order valence-corrected chi connectivity index (χ1v) is 11.0. The fourth-order valence-electron chi connectivity index (χ4n) is 3.23. The van der Waals surface area contributed by atoms with Crippen LogP contribution in [0.5, 0.6) is 0 Å². The summed E-state index contributed by atoms with van der Waals surface area (Å²) in [5.74, 6) is -0.263. The molecule has 0 bridgehead atoms. The molecule has 1 aliphatic heterocycles. The summed E-state index contributed by atoms with van der Waals surface area (Å²) in [6.07, 6.45) is 1.88. The number of aromatic nitrogens is 1. The standard InChI is InChI=1S/C20H20N6OS2/c21-11-18-15(7-10-28-18)24-20-25-16(12-29-20)19(27)23-14-3-1-2-4-17(14)26-8-5-13(22)6-9-26/h1-4,7,10,12-13H,5-6,8-9,22H2,(H,23,27)(H,24,25). The second-order valence-corrected chi connectivity index (χ2v) is 8.51. The quantitative estimate of drug-likeness (QED) is 0.571. The highest BCUT2D eigenvalue weighted by Gasteiger charge is 2.20. The van der Waals surface area contributed by atoms with Gasteiger partial charge in [-0.3, -0.25) is 4.79 Å². The van der Waals surface area contributed by atoms with Crippen molar-refractivity contribution in [1.82, 2.24) is 4.98 Å². The molecule has 7 nitrogen and oxygen atoms in total. The summed E-state index contributed by atoms with van der Waals surface area (Å²) in [6.45, 7) is 1.75. The van der Waals surface area contributed by atoms with Crippen molar-refractivity contribution in [1.29, 1.82) is 5.26 Å². The predicted octanol–water partition coefficient (Wildman–Crippen LogP) is 4.00. The Hall–Kier alpha value is -2.93. The van der Waals surface area contributed by atoms with E-state index in [1.807, 2.05) is 35.7 Å². The Morgan fingerprint density at radius 3 is 2.79 bits per heavy atom. The van der Waals surface area contributed by atoms with Crippen molar-refractivity contribution in [2.24, 2.45) is 5.73 Å². The Morgan fingerprint density at radius 1 is 1.21 bits per heavy atom. The highest BCUT2D eigenvalue weighted by atomic mass is 32.1. The molecule has 0 spiro atoms. The number of nitriles is 1. The Morgan fingerprint density at radius 2 is 2.00 bits per heavy atom. The van der Waals surface area contributed by atoms with Crippen LogP contribution in [0.1, 0.15) is 28.2 Å². The van der Waals surface area contributed by atoms with Gasteiger partial charge in [0, 0.05) is 24.5 Å². The average molecular weight is 425 g/mol. The lowest BCUT2D eigenvalue weighted by molar-refractivity contribution is 0.102. The van der Waals surface area contributed by atoms with E-state index in [9.17, 15) is 4.79 Å². The number of hydrogen-bond acceptors (Lipinski definition) is 8. The molecule has 0 atom stereocenters.